The van der Waals surface area contributed by atoms with E-state index in [0.717, 1.165) is 64.8 Å². The Kier molecular flexibility index (Phi) is 7.61. The molecule has 0 saturated heterocycles. The van der Waals surface area contributed by atoms with Crippen LogP contribution in [0.2, 0.25) is 0 Å². The van der Waals surface area contributed by atoms with Gasteiger partial charge in [-0.05, 0) is 122 Å². The van der Waals surface area contributed by atoms with Crippen LogP contribution in [0.4, 0.5) is 11.4 Å². The summed E-state index contributed by atoms with van der Waals surface area (Å²) in [4.78, 5) is 0. The van der Waals surface area contributed by atoms with Gasteiger partial charge in [-0.3, -0.25) is 0 Å². The standard InChI is InChI=1S/C31H34N2O2/c1-4-24(25-8-18-31(22(3)20-25)35-29-15-11-27(33)12-16-29)7-5-23-6-17-30(21(2)19-23)34-28-13-9-26(32)10-14-28/h6,8-20,24H,4-5,7,32-33H2,1-3H3. The van der Waals surface area contributed by atoms with Crippen LogP contribution in [0.5, 0.6) is 23.0 Å². The van der Waals surface area contributed by atoms with Crippen molar-refractivity contribution in [3.63, 3.8) is 0 Å². The van der Waals surface area contributed by atoms with Crippen molar-refractivity contribution < 1.29 is 9.47 Å². The van der Waals surface area contributed by atoms with Gasteiger partial charge in [-0.1, -0.05) is 31.2 Å². The predicted molar refractivity (Wildman–Crippen MR) is 146 cm³/mol. The molecular formula is C31H34N2O2. The van der Waals surface area contributed by atoms with Crippen molar-refractivity contribution in [1.82, 2.24) is 0 Å². The van der Waals surface area contributed by atoms with Crippen molar-refractivity contribution >= 4 is 11.4 Å². The molecule has 0 aliphatic carbocycles. The molecule has 0 aliphatic heterocycles. The molecule has 4 N–H and O–H groups in total. The Morgan fingerprint density at radius 2 is 1.17 bits per heavy atom. The minimum atomic E-state index is 0.491. The van der Waals surface area contributed by atoms with E-state index in [2.05, 4.69) is 57.2 Å². The Bertz CT molecular complexity index is 1260. The van der Waals surface area contributed by atoms with Gasteiger partial charge in [-0.15, -0.1) is 0 Å². The molecule has 4 aromatic rings. The third-order valence-corrected chi connectivity index (χ3v) is 6.40. The summed E-state index contributed by atoms with van der Waals surface area (Å²) < 4.78 is 12.1. The Hall–Kier alpha value is -3.92. The van der Waals surface area contributed by atoms with E-state index in [9.17, 15) is 0 Å². The highest BCUT2D eigenvalue weighted by molar-refractivity contribution is 5.46. The van der Waals surface area contributed by atoms with Gasteiger partial charge in [0.15, 0.2) is 0 Å². The van der Waals surface area contributed by atoms with Gasteiger partial charge in [0, 0.05) is 11.4 Å². The molecule has 180 valence electrons. The van der Waals surface area contributed by atoms with Crippen LogP contribution in [0, 0.1) is 13.8 Å². The van der Waals surface area contributed by atoms with Gasteiger partial charge >= 0.3 is 0 Å². The highest BCUT2D eigenvalue weighted by Gasteiger charge is 2.13. The SMILES string of the molecule is CCC(CCc1ccc(Oc2ccc(N)cc2)c(C)c1)c1ccc(Oc2ccc(N)cc2)c(C)c1. The summed E-state index contributed by atoms with van der Waals surface area (Å²) in [5, 5.41) is 0. The largest absolute Gasteiger partial charge is 0.457 e. The van der Waals surface area contributed by atoms with Crippen molar-refractivity contribution in [2.45, 2.75) is 46.0 Å². The first-order valence-corrected chi connectivity index (χ1v) is 12.2. The van der Waals surface area contributed by atoms with Gasteiger partial charge in [0.1, 0.15) is 23.0 Å². The van der Waals surface area contributed by atoms with Crippen molar-refractivity contribution in [3.8, 4) is 23.0 Å². The van der Waals surface area contributed by atoms with Crippen molar-refractivity contribution in [2.75, 3.05) is 11.5 Å². The second-order valence-electron chi connectivity index (χ2n) is 9.11. The molecule has 1 atom stereocenters. The average Bonchev–Trinajstić information content (AvgIpc) is 2.85. The summed E-state index contributed by atoms with van der Waals surface area (Å²) in [6.07, 6.45) is 3.20. The zero-order valence-corrected chi connectivity index (χ0v) is 20.8. The molecule has 4 aromatic carbocycles. The molecule has 4 heteroatoms. The molecule has 0 radical (unpaired) electrons. The van der Waals surface area contributed by atoms with Gasteiger partial charge in [-0.25, -0.2) is 0 Å². The highest BCUT2D eigenvalue weighted by atomic mass is 16.5. The van der Waals surface area contributed by atoms with Crippen LogP contribution in [0.25, 0.3) is 0 Å². The summed E-state index contributed by atoms with van der Waals surface area (Å²) in [5.41, 5.74) is 18.0. The van der Waals surface area contributed by atoms with Crippen LogP contribution >= 0.6 is 0 Å². The number of hydrogen-bond acceptors (Lipinski definition) is 4. The summed E-state index contributed by atoms with van der Waals surface area (Å²) in [7, 11) is 0. The molecule has 0 amide bonds. The topological polar surface area (TPSA) is 70.5 Å². The number of rotatable bonds is 9. The third-order valence-electron chi connectivity index (χ3n) is 6.40. The lowest BCUT2D eigenvalue weighted by Gasteiger charge is -2.18. The Balaban J connectivity index is 1.39. The molecule has 35 heavy (non-hydrogen) atoms. The van der Waals surface area contributed by atoms with Crippen molar-refractivity contribution in [2.24, 2.45) is 0 Å². The monoisotopic (exact) mass is 466 g/mol. The van der Waals surface area contributed by atoms with E-state index in [1.807, 2.05) is 48.5 Å². The Labute approximate surface area is 208 Å². The summed E-state index contributed by atoms with van der Waals surface area (Å²) >= 11 is 0. The molecule has 0 aromatic heterocycles. The molecule has 0 aliphatic rings. The van der Waals surface area contributed by atoms with Gasteiger partial charge in [0.25, 0.3) is 0 Å². The van der Waals surface area contributed by atoms with Gasteiger partial charge < -0.3 is 20.9 Å². The Morgan fingerprint density at radius 3 is 1.66 bits per heavy atom. The second-order valence-corrected chi connectivity index (χ2v) is 9.11. The van der Waals surface area contributed by atoms with Crippen LogP contribution in [0.3, 0.4) is 0 Å². The lowest BCUT2D eigenvalue weighted by atomic mass is 9.89. The number of anilines is 2. The van der Waals surface area contributed by atoms with E-state index < -0.39 is 0 Å². The first-order chi connectivity index (χ1) is 16.9. The zero-order chi connectivity index (χ0) is 24.8. The maximum Gasteiger partial charge on any atom is 0.130 e. The highest BCUT2D eigenvalue weighted by Crippen LogP contribution is 2.32. The quantitative estimate of drug-likeness (QED) is 0.244. The predicted octanol–water partition coefficient (Wildman–Crippen LogP) is 8.18. The van der Waals surface area contributed by atoms with Crippen LogP contribution in [0.1, 0.15) is 47.9 Å². The second kappa shape index (κ2) is 11.0. The van der Waals surface area contributed by atoms with Gasteiger partial charge in [0.2, 0.25) is 0 Å². The molecule has 0 saturated carbocycles. The number of nitrogen functional groups attached to an aromatic ring is 2. The number of benzene rings is 4. The van der Waals surface area contributed by atoms with E-state index in [1.165, 1.54) is 11.1 Å². The number of aryl methyl sites for hydroxylation is 3. The maximum atomic E-state index is 6.06. The first-order valence-electron chi connectivity index (χ1n) is 12.2. The average molecular weight is 467 g/mol. The lowest BCUT2D eigenvalue weighted by molar-refractivity contribution is 0.478. The molecular weight excluding hydrogens is 432 g/mol. The summed E-state index contributed by atoms with van der Waals surface area (Å²) in [6, 6.07) is 28.0. The molecule has 0 fully saturated rings. The summed E-state index contributed by atoms with van der Waals surface area (Å²) in [6.45, 7) is 6.45. The molecule has 0 spiro atoms. The molecule has 4 rings (SSSR count). The van der Waals surface area contributed by atoms with Crippen molar-refractivity contribution in [3.05, 3.63) is 107 Å². The van der Waals surface area contributed by atoms with E-state index in [-0.39, 0.29) is 0 Å². The van der Waals surface area contributed by atoms with Gasteiger partial charge in [0.05, 0.1) is 0 Å². The van der Waals surface area contributed by atoms with E-state index in [0.29, 0.717) is 5.92 Å². The summed E-state index contributed by atoms with van der Waals surface area (Å²) in [5.74, 6) is 3.82. The smallest absolute Gasteiger partial charge is 0.130 e. The van der Waals surface area contributed by atoms with Crippen LogP contribution in [-0.2, 0) is 6.42 Å². The van der Waals surface area contributed by atoms with Gasteiger partial charge in [-0.2, -0.15) is 0 Å². The lowest BCUT2D eigenvalue weighted by Crippen LogP contribution is -2.01. The number of nitrogens with two attached hydrogens (primary N) is 2. The molecule has 0 bridgehead atoms. The Morgan fingerprint density at radius 1 is 0.657 bits per heavy atom. The normalized spacial score (nSPS) is 11.7. The fourth-order valence-electron chi connectivity index (χ4n) is 4.30. The maximum absolute atomic E-state index is 6.06. The van der Waals surface area contributed by atoms with Crippen LogP contribution < -0.4 is 20.9 Å². The number of hydrogen-bond donors (Lipinski definition) is 2. The van der Waals surface area contributed by atoms with Crippen LogP contribution in [-0.4, -0.2) is 0 Å². The van der Waals surface area contributed by atoms with Crippen LogP contribution in [0.15, 0.2) is 84.9 Å². The minimum Gasteiger partial charge on any atom is -0.457 e. The fourth-order valence-corrected chi connectivity index (χ4v) is 4.30. The third kappa shape index (κ3) is 6.36. The zero-order valence-electron chi connectivity index (χ0n) is 20.8. The molecule has 0 heterocycles. The van der Waals surface area contributed by atoms with Crippen molar-refractivity contribution in [1.29, 1.82) is 0 Å². The minimum absolute atomic E-state index is 0.491. The van der Waals surface area contributed by atoms with E-state index in [4.69, 9.17) is 20.9 Å². The molecule has 4 nitrogen and oxygen atoms in total. The van der Waals surface area contributed by atoms with E-state index in [1.54, 1.807) is 0 Å². The first kappa shape index (κ1) is 24.2. The molecule has 1 unspecified atom stereocenters. The van der Waals surface area contributed by atoms with E-state index >= 15 is 0 Å². The fraction of sp³-hybridized carbons (Fsp3) is 0.226. The number of ether oxygens (including phenoxy) is 2.